The number of thiophene rings is 1. The Labute approximate surface area is 136 Å². The summed E-state index contributed by atoms with van der Waals surface area (Å²) in [6.45, 7) is 6.23. The van der Waals surface area contributed by atoms with E-state index in [9.17, 15) is 8.42 Å². The van der Waals surface area contributed by atoms with Gasteiger partial charge in [-0.3, -0.25) is 4.90 Å². The second-order valence-corrected chi connectivity index (χ2v) is 9.26. The summed E-state index contributed by atoms with van der Waals surface area (Å²) in [5.41, 5.74) is 0. The number of hydrogen-bond donors (Lipinski definition) is 0. The molecular weight excluding hydrogens is 320 g/mol. The lowest BCUT2D eigenvalue weighted by Crippen LogP contribution is -2.53. The summed E-state index contributed by atoms with van der Waals surface area (Å²) in [6, 6.07) is 4.35. The number of rotatable bonds is 4. The van der Waals surface area contributed by atoms with E-state index in [0.29, 0.717) is 19.8 Å². The van der Waals surface area contributed by atoms with Crippen molar-refractivity contribution in [3.63, 3.8) is 0 Å². The molecule has 0 amide bonds. The Morgan fingerprint density at radius 1 is 1.41 bits per heavy atom. The third-order valence-corrected chi connectivity index (χ3v) is 7.38. The third-order valence-electron chi connectivity index (χ3n) is 4.62. The van der Waals surface area contributed by atoms with Gasteiger partial charge in [-0.2, -0.15) is 4.31 Å². The highest BCUT2D eigenvalue weighted by molar-refractivity contribution is 7.89. The maximum atomic E-state index is 12.4. The van der Waals surface area contributed by atoms with Crippen molar-refractivity contribution in [2.45, 2.75) is 25.9 Å². The average molecular weight is 345 g/mol. The molecule has 0 unspecified atom stereocenters. The molecular formula is C15H24N2O3S2. The van der Waals surface area contributed by atoms with Crippen LogP contribution in [0.5, 0.6) is 0 Å². The predicted octanol–water partition coefficient (Wildman–Crippen LogP) is 1.62. The van der Waals surface area contributed by atoms with Crippen molar-refractivity contribution in [3.05, 3.63) is 22.4 Å². The van der Waals surface area contributed by atoms with Gasteiger partial charge in [0.05, 0.1) is 19.0 Å². The van der Waals surface area contributed by atoms with E-state index in [4.69, 9.17) is 4.74 Å². The Hall–Kier alpha value is -0.470. The summed E-state index contributed by atoms with van der Waals surface area (Å²) in [7, 11) is -3.15. The molecule has 0 radical (unpaired) electrons. The molecule has 3 rings (SSSR count). The largest absolute Gasteiger partial charge is 0.380 e. The maximum Gasteiger partial charge on any atom is 0.214 e. The molecule has 0 spiro atoms. The van der Waals surface area contributed by atoms with Crippen LogP contribution < -0.4 is 0 Å². The monoisotopic (exact) mass is 344 g/mol. The van der Waals surface area contributed by atoms with E-state index in [1.54, 1.807) is 22.6 Å². The van der Waals surface area contributed by atoms with Gasteiger partial charge in [0.2, 0.25) is 10.0 Å². The number of nitrogens with zero attached hydrogens (tertiary/aromatic N) is 2. The number of sulfonamides is 1. The summed E-state index contributed by atoms with van der Waals surface area (Å²) in [4.78, 5) is 3.80. The summed E-state index contributed by atoms with van der Waals surface area (Å²) >= 11 is 1.78. The third kappa shape index (κ3) is 3.54. The topological polar surface area (TPSA) is 49.9 Å². The highest BCUT2D eigenvalue weighted by Gasteiger charge is 2.39. The molecule has 7 heteroatoms. The van der Waals surface area contributed by atoms with Crippen molar-refractivity contribution >= 4 is 21.4 Å². The molecule has 2 aliphatic heterocycles. The Balaban J connectivity index is 1.71. The molecule has 0 saturated carbocycles. The van der Waals surface area contributed by atoms with Crippen molar-refractivity contribution in [2.75, 3.05) is 38.6 Å². The summed E-state index contributed by atoms with van der Waals surface area (Å²) in [5.74, 6) is 0.451. The fraction of sp³-hybridized carbons (Fsp3) is 0.733. The highest BCUT2D eigenvalue weighted by atomic mass is 32.2. The van der Waals surface area contributed by atoms with Crippen LogP contribution in [0.15, 0.2) is 17.5 Å². The van der Waals surface area contributed by atoms with Gasteiger partial charge in [0, 0.05) is 43.0 Å². The average Bonchev–Trinajstić information content (AvgIpc) is 2.91. The van der Waals surface area contributed by atoms with Gasteiger partial charge < -0.3 is 4.74 Å². The lowest BCUT2D eigenvalue weighted by molar-refractivity contribution is 0.0617. The number of likely N-dealkylation sites (tertiary alicyclic amines) is 1. The smallest absolute Gasteiger partial charge is 0.214 e. The quantitative estimate of drug-likeness (QED) is 0.833. The second-order valence-electron chi connectivity index (χ2n) is 6.02. The van der Waals surface area contributed by atoms with Gasteiger partial charge in [-0.1, -0.05) is 6.07 Å². The Morgan fingerprint density at radius 2 is 2.27 bits per heavy atom. The van der Waals surface area contributed by atoms with Gasteiger partial charge in [-0.25, -0.2) is 8.42 Å². The van der Waals surface area contributed by atoms with Crippen molar-refractivity contribution in [1.82, 2.24) is 9.21 Å². The molecule has 5 nitrogen and oxygen atoms in total. The zero-order chi connectivity index (χ0) is 15.6. The predicted molar refractivity (Wildman–Crippen MR) is 88.5 cm³/mol. The van der Waals surface area contributed by atoms with E-state index >= 15 is 0 Å². The number of piperidine rings is 1. The first-order valence-corrected chi connectivity index (χ1v) is 10.4. The molecule has 1 aromatic heterocycles. The molecule has 0 aliphatic carbocycles. The first-order chi connectivity index (χ1) is 10.6. The van der Waals surface area contributed by atoms with Crippen LogP contribution in [-0.2, 0) is 21.3 Å². The molecule has 124 valence electrons. The Kier molecular flexibility index (Phi) is 5.19. The SMILES string of the molecule is CCS(=O)(=O)N1CCOC[C@H]2CN(Cc3cccs3)CC[C@H]21. The van der Waals surface area contributed by atoms with Crippen LogP contribution in [0.1, 0.15) is 18.2 Å². The highest BCUT2D eigenvalue weighted by Crippen LogP contribution is 2.28. The van der Waals surface area contributed by atoms with Gasteiger partial charge in [0.15, 0.2) is 0 Å². The fourth-order valence-corrected chi connectivity index (χ4v) is 5.59. The van der Waals surface area contributed by atoms with Crippen LogP contribution in [-0.4, -0.2) is 62.3 Å². The van der Waals surface area contributed by atoms with Gasteiger partial charge >= 0.3 is 0 Å². The lowest BCUT2D eigenvalue weighted by Gasteiger charge is -2.41. The van der Waals surface area contributed by atoms with E-state index in [0.717, 1.165) is 26.1 Å². The molecule has 2 saturated heterocycles. The van der Waals surface area contributed by atoms with E-state index in [1.165, 1.54) is 4.88 Å². The van der Waals surface area contributed by atoms with Crippen LogP contribution in [0.3, 0.4) is 0 Å². The fourth-order valence-electron chi connectivity index (χ4n) is 3.47. The van der Waals surface area contributed by atoms with Gasteiger partial charge in [-0.05, 0) is 24.8 Å². The van der Waals surface area contributed by atoms with Crippen molar-refractivity contribution in [1.29, 1.82) is 0 Å². The maximum absolute atomic E-state index is 12.4. The Bertz CT molecular complexity index is 574. The minimum Gasteiger partial charge on any atom is -0.380 e. The molecule has 0 aromatic carbocycles. The summed E-state index contributed by atoms with van der Waals surface area (Å²) in [6.07, 6.45) is 0.901. The van der Waals surface area contributed by atoms with Crippen LogP contribution in [0, 0.1) is 5.92 Å². The van der Waals surface area contributed by atoms with Gasteiger partial charge in [-0.15, -0.1) is 11.3 Å². The molecule has 0 bridgehead atoms. The van der Waals surface area contributed by atoms with E-state index in [-0.39, 0.29) is 17.7 Å². The zero-order valence-corrected chi connectivity index (χ0v) is 14.6. The lowest BCUT2D eigenvalue weighted by atomic mass is 9.93. The van der Waals surface area contributed by atoms with Crippen molar-refractivity contribution in [2.24, 2.45) is 5.92 Å². The summed E-state index contributed by atoms with van der Waals surface area (Å²) in [5, 5.41) is 2.10. The number of ether oxygens (including phenoxy) is 1. The van der Waals surface area contributed by atoms with Crippen molar-refractivity contribution < 1.29 is 13.2 Å². The zero-order valence-electron chi connectivity index (χ0n) is 13.0. The molecule has 1 aromatic rings. The summed E-state index contributed by atoms with van der Waals surface area (Å²) < 4.78 is 32.1. The van der Waals surface area contributed by atoms with Gasteiger partial charge in [0.25, 0.3) is 0 Å². The normalized spacial score (nSPS) is 28.2. The molecule has 22 heavy (non-hydrogen) atoms. The van der Waals surface area contributed by atoms with E-state index in [2.05, 4.69) is 22.4 Å². The van der Waals surface area contributed by atoms with Crippen LogP contribution in [0.2, 0.25) is 0 Å². The van der Waals surface area contributed by atoms with Crippen LogP contribution in [0.4, 0.5) is 0 Å². The number of fused-ring (bicyclic) bond motifs is 1. The van der Waals surface area contributed by atoms with E-state index < -0.39 is 10.0 Å². The van der Waals surface area contributed by atoms with Crippen LogP contribution in [0.25, 0.3) is 0 Å². The van der Waals surface area contributed by atoms with Gasteiger partial charge in [0.1, 0.15) is 0 Å². The van der Waals surface area contributed by atoms with E-state index in [1.807, 2.05) is 0 Å². The molecule has 3 heterocycles. The van der Waals surface area contributed by atoms with Crippen LogP contribution >= 0.6 is 11.3 Å². The van der Waals surface area contributed by atoms with Crippen molar-refractivity contribution in [3.8, 4) is 0 Å². The number of hydrogen-bond acceptors (Lipinski definition) is 5. The minimum absolute atomic E-state index is 0.104. The minimum atomic E-state index is -3.15. The standard InChI is InChI=1S/C15H24N2O3S2/c1-2-22(18,19)17-7-8-20-12-13-10-16(6-5-15(13)17)11-14-4-3-9-21-14/h3-4,9,13,15H,2,5-8,10-12H2,1H3/t13-,15-/m1/s1. The molecule has 2 fully saturated rings. The first-order valence-electron chi connectivity index (χ1n) is 7.92. The second kappa shape index (κ2) is 6.97. The molecule has 0 N–H and O–H groups in total. The Morgan fingerprint density at radius 3 is 3.00 bits per heavy atom. The molecule has 2 atom stereocenters. The first kappa shape index (κ1) is 16.4. The molecule has 2 aliphatic rings.